The van der Waals surface area contributed by atoms with Crippen LogP contribution < -0.4 is 0 Å². The summed E-state index contributed by atoms with van der Waals surface area (Å²) in [7, 11) is 0. The lowest BCUT2D eigenvalue weighted by Crippen LogP contribution is -2.36. The van der Waals surface area contributed by atoms with Gasteiger partial charge >= 0.3 is 11.9 Å². The Balaban J connectivity index is 1.43. The number of carbonyl (C=O) groups is 2. The summed E-state index contributed by atoms with van der Waals surface area (Å²) in [5, 5.41) is 9.79. The standard InChI is InChI=1S/C22H36O4/c23-20(15-16-7-3-1-4-8-16)26-19-13-11-18(12-14-19)21(22(24)25)17-9-5-2-6-10-17/h16-19,21H,1-15H2,(H,24,25). The molecule has 4 heteroatoms. The maximum absolute atomic E-state index is 12.2. The molecule has 1 atom stereocenters. The molecule has 3 rings (SSSR count). The van der Waals surface area contributed by atoms with Crippen LogP contribution in [0, 0.1) is 23.7 Å². The summed E-state index contributed by atoms with van der Waals surface area (Å²) in [6.45, 7) is 0. The smallest absolute Gasteiger partial charge is 0.307 e. The summed E-state index contributed by atoms with van der Waals surface area (Å²) in [5.41, 5.74) is 0. The van der Waals surface area contributed by atoms with Crippen LogP contribution in [0.15, 0.2) is 0 Å². The fourth-order valence-corrected chi connectivity index (χ4v) is 5.71. The molecule has 3 fully saturated rings. The van der Waals surface area contributed by atoms with Crippen LogP contribution in [0.3, 0.4) is 0 Å². The van der Waals surface area contributed by atoms with Gasteiger partial charge in [0.2, 0.25) is 0 Å². The van der Waals surface area contributed by atoms with Gasteiger partial charge in [0.1, 0.15) is 6.10 Å². The van der Waals surface area contributed by atoms with Crippen molar-refractivity contribution >= 4 is 11.9 Å². The van der Waals surface area contributed by atoms with E-state index in [0.717, 1.165) is 38.5 Å². The first kappa shape index (κ1) is 19.7. The van der Waals surface area contributed by atoms with Crippen molar-refractivity contribution in [2.45, 2.75) is 102 Å². The maximum Gasteiger partial charge on any atom is 0.307 e. The zero-order valence-corrected chi connectivity index (χ0v) is 16.2. The second-order valence-electron chi connectivity index (χ2n) is 9.00. The molecule has 0 aromatic heterocycles. The van der Waals surface area contributed by atoms with Gasteiger partial charge in [-0.15, -0.1) is 0 Å². The van der Waals surface area contributed by atoms with E-state index in [9.17, 15) is 14.7 Å². The summed E-state index contributed by atoms with van der Waals surface area (Å²) in [5.74, 6) is 0.335. The van der Waals surface area contributed by atoms with Crippen molar-refractivity contribution in [1.82, 2.24) is 0 Å². The van der Waals surface area contributed by atoms with Crippen molar-refractivity contribution in [2.24, 2.45) is 23.7 Å². The monoisotopic (exact) mass is 364 g/mol. The van der Waals surface area contributed by atoms with E-state index in [2.05, 4.69) is 0 Å². The van der Waals surface area contributed by atoms with E-state index in [1.54, 1.807) is 0 Å². The third-order valence-corrected chi connectivity index (χ3v) is 7.15. The summed E-state index contributed by atoms with van der Waals surface area (Å²) in [4.78, 5) is 24.1. The highest BCUT2D eigenvalue weighted by molar-refractivity contribution is 5.71. The van der Waals surface area contributed by atoms with Gasteiger partial charge < -0.3 is 9.84 Å². The molecule has 0 spiro atoms. The van der Waals surface area contributed by atoms with Crippen LogP contribution in [-0.4, -0.2) is 23.1 Å². The first-order valence-electron chi connectivity index (χ1n) is 11.1. The van der Waals surface area contributed by atoms with Crippen LogP contribution in [0.5, 0.6) is 0 Å². The Hall–Kier alpha value is -1.06. The van der Waals surface area contributed by atoms with Gasteiger partial charge in [0.25, 0.3) is 0 Å². The van der Waals surface area contributed by atoms with Gasteiger partial charge in [0.15, 0.2) is 0 Å². The predicted molar refractivity (Wildman–Crippen MR) is 101 cm³/mol. The molecule has 148 valence electrons. The van der Waals surface area contributed by atoms with Crippen molar-refractivity contribution in [3.05, 3.63) is 0 Å². The van der Waals surface area contributed by atoms with E-state index >= 15 is 0 Å². The molecule has 0 amide bonds. The molecule has 0 aromatic rings. The fourth-order valence-electron chi connectivity index (χ4n) is 5.71. The molecule has 0 aliphatic heterocycles. The predicted octanol–water partition coefficient (Wildman–Crippen LogP) is 5.34. The summed E-state index contributed by atoms with van der Waals surface area (Å²) in [6, 6.07) is 0. The lowest BCUT2D eigenvalue weighted by Gasteiger charge is -2.37. The first-order valence-corrected chi connectivity index (χ1v) is 11.1. The SMILES string of the molecule is O=C(CC1CCCCC1)OC1CCC(C(C(=O)O)C2CCCCC2)CC1. The van der Waals surface area contributed by atoms with Gasteiger partial charge in [-0.25, -0.2) is 0 Å². The first-order chi connectivity index (χ1) is 12.6. The lowest BCUT2D eigenvalue weighted by molar-refractivity contribution is -0.155. The maximum atomic E-state index is 12.2. The minimum Gasteiger partial charge on any atom is -0.481 e. The summed E-state index contributed by atoms with van der Waals surface area (Å²) in [6.07, 6.45) is 16.0. The van der Waals surface area contributed by atoms with Crippen molar-refractivity contribution in [3.63, 3.8) is 0 Å². The van der Waals surface area contributed by atoms with Gasteiger partial charge in [0.05, 0.1) is 5.92 Å². The van der Waals surface area contributed by atoms with Crippen LogP contribution >= 0.6 is 0 Å². The lowest BCUT2D eigenvalue weighted by atomic mass is 9.69. The number of carboxylic acid groups (broad SMARTS) is 1. The summed E-state index contributed by atoms with van der Waals surface area (Å²) < 4.78 is 5.74. The Kier molecular flexibility index (Phi) is 7.39. The van der Waals surface area contributed by atoms with Gasteiger partial charge in [-0.05, 0) is 69.1 Å². The normalized spacial score (nSPS) is 29.8. The van der Waals surface area contributed by atoms with E-state index in [0.29, 0.717) is 18.3 Å². The average molecular weight is 365 g/mol. The number of carboxylic acids is 1. The molecule has 0 bridgehead atoms. The van der Waals surface area contributed by atoms with Crippen LogP contribution in [-0.2, 0) is 14.3 Å². The van der Waals surface area contributed by atoms with Crippen LogP contribution in [0.1, 0.15) is 96.3 Å². The third kappa shape index (κ3) is 5.47. The van der Waals surface area contributed by atoms with Crippen molar-refractivity contribution in [1.29, 1.82) is 0 Å². The number of hydrogen-bond acceptors (Lipinski definition) is 3. The van der Waals surface area contributed by atoms with Gasteiger partial charge in [-0.1, -0.05) is 38.5 Å². The quantitative estimate of drug-likeness (QED) is 0.646. The second-order valence-corrected chi connectivity index (χ2v) is 9.00. The van der Waals surface area contributed by atoms with Gasteiger partial charge in [0, 0.05) is 6.42 Å². The molecule has 0 radical (unpaired) electrons. The molecule has 0 saturated heterocycles. The molecule has 3 aliphatic carbocycles. The highest BCUT2D eigenvalue weighted by atomic mass is 16.5. The topological polar surface area (TPSA) is 63.6 Å². The zero-order valence-electron chi connectivity index (χ0n) is 16.2. The van der Waals surface area contributed by atoms with Gasteiger partial charge in [-0.3, -0.25) is 9.59 Å². The third-order valence-electron chi connectivity index (χ3n) is 7.15. The largest absolute Gasteiger partial charge is 0.481 e. The molecule has 1 N–H and O–H groups in total. The van der Waals surface area contributed by atoms with E-state index < -0.39 is 5.97 Å². The van der Waals surface area contributed by atoms with Crippen molar-refractivity contribution < 1.29 is 19.4 Å². The molecule has 0 aromatic carbocycles. The highest BCUT2D eigenvalue weighted by Crippen LogP contribution is 2.40. The Morgan fingerprint density at radius 3 is 1.88 bits per heavy atom. The Morgan fingerprint density at radius 1 is 0.769 bits per heavy atom. The number of aliphatic carboxylic acids is 1. The zero-order chi connectivity index (χ0) is 18.4. The fraction of sp³-hybridized carbons (Fsp3) is 0.909. The Bertz CT molecular complexity index is 455. The number of hydrogen-bond donors (Lipinski definition) is 1. The highest BCUT2D eigenvalue weighted by Gasteiger charge is 2.38. The Morgan fingerprint density at radius 2 is 1.31 bits per heavy atom. The molecule has 4 nitrogen and oxygen atoms in total. The molecule has 3 aliphatic rings. The minimum absolute atomic E-state index is 0.0168. The van der Waals surface area contributed by atoms with E-state index in [1.165, 1.54) is 51.4 Å². The van der Waals surface area contributed by atoms with Crippen LogP contribution in [0.4, 0.5) is 0 Å². The average Bonchev–Trinajstić information content (AvgIpc) is 2.65. The molecular formula is C22H36O4. The Labute approximate surface area is 158 Å². The van der Waals surface area contributed by atoms with E-state index in [-0.39, 0.29) is 23.9 Å². The van der Waals surface area contributed by atoms with Crippen molar-refractivity contribution in [2.75, 3.05) is 0 Å². The molecule has 3 saturated carbocycles. The minimum atomic E-state index is -0.602. The van der Waals surface area contributed by atoms with E-state index in [4.69, 9.17) is 4.74 Å². The van der Waals surface area contributed by atoms with E-state index in [1.807, 2.05) is 0 Å². The number of rotatable bonds is 6. The van der Waals surface area contributed by atoms with Crippen molar-refractivity contribution in [3.8, 4) is 0 Å². The molecule has 0 heterocycles. The molecular weight excluding hydrogens is 328 g/mol. The number of ether oxygens (including phenoxy) is 1. The number of esters is 1. The number of carbonyl (C=O) groups excluding carboxylic acids is 1. The van der Waals surface area contributed by atoms with Crippen LogP contribution in [0.2, 0.25) is 0 Å². The summed E-state index contributed by atoms with van der Waals surface area (Å²) >= 11 is 0. The second kappa shape index (κ2) is 9.75. The van der Waals surface area contributed by atoms with Crippen LogP contribution in [0.25, 0.3) is 0 Å². The molecule has 1 unspecified atom stereocenters. The van der Waals surface area contributed by atoms with Gasteiger partial charge in [-0.2, -0.15) is 0 Å². The molecule has 26 heavy (non-hydrogen) atoms.